The molecule has 2 rings (SSSR count). The summed E-state index contributed by atoms with van der Waals surface area (Å²) in [5.74, 6) is 1.23. The van der Waals surface area contributed by atoms with Crippen molar-refractivity contribution in [2.24, 2.45) is 7.05 Å². The first-order valence-electron chi connectivity index (χ1n) is 6.91. The van der Waals surface area contributed by atoms with Crippen LogP contribution in [0.15, 0.2) is 0 Å². The second-order valence-electron chi connectivity index (χ2n) is 5.08. The molecule has 0 saturated heterocycles. The zero-order valence-corrected chi connectivity index (χ0v) is 13.0. The van der Waals surface area contributed by atoms with Gasteiger partial charge < -0.3 is 9.30 Å². The van der Waals surface area contributed by atoms with Crippen LogP contribution in [0.25, 0.3) is 0 Å². The highest BCUT2D eigenvalue weighted by atomic mass is 16.5. The van der Waals surface area contributed by atoms with Gasteiger partial charge in [-0.3, -0.25) is 0 Å². The van der Waals surface area contributed by atoms with Crippen molar-refractivity contribution in [3.05, 3.63) is 23.0 Å². The molecular weight excluding hydrogens is 272 g/mol. The zero-order chi connectivity index (χ0) is 15.6. The fraction of sp³-hybridized carbons (Fsp3) is 0.615. The Morgan fingerprint density at radius 2 is 2.00 bits per heavy atom. The van der Waals surface area contributed by atoms with Gasteiger partial charge in [0.1, 0.15) is 12.4 Å². The van der Waals surface area contributed by atoms with E-state index in [1.54, 1.807) is 11.6 Å². The molecule has 0 saturated carbocycles. The third-order valence-electron chi connectivity index (χ3n) is 3.26. The molecule has 0 N–H and O–H groups in total. The third-order valence-corrected chi connectivity index (χ3v) is 3.26. The Hall–Kier alpha value is -2.25. The fourth-order valence-electron chi connectivity index (χ4n) is 2.08. The second-order valence-corrected chi connectivity index (χ2v) is 5.08. The van der Waals surface area contributed by atoms with Gasteiger partial charge in [0.2, 0.25) is 0 Å². The highest BCUT2D eigenvalue weighted by Crippen LogP contribution is 2.19. The minimum atomic E-state index is -0.443. The van der Waals surface area contributed by atoms with E-state index in [9.17, 15) is 4.79 Å². The summed E-state index contributed by atoms with van der Waals surface area (Å²) in [7, 11) is 1.89. The molecule has 0 aliphatic carbocycles. The highest BCUT2D eigenvalue weighted by Gasteiger charge is 2.23. The lowest BCUT2D eigenvalue weighted by molar-refractivity contribution is 0.0517. The van der Waals surface area contributed by atoms with E-state index in [0.717, 1.165) is 17.3 Å². The summed E-state index contributed by atoms with van der Waals surface area (Å²) >= 11 is 0. The number of aromatic nitrogens is 6. The Morgan fingerprint density at radius 3 is 2.52 bits per heavy atom. The Labute approximate surface area is 123 Å². The summed E-state index contributed by atoms with van der Waals surface area (Å²) in [5.41, 5.74) is 1.01. The number of carbonyl (C=O) groups is 1. The number of ether oxygens (including phenoxy) is 1. The molecule has 0 fully saturated rings. The lowest BCUT2D eigenvalue weighted by Crippen LogP contribution is -2.14. The predicted molar refractivity (Wildman–Crippen MR) is 74.9 cm³/mol. The quantitative estimate of drug-likeness (QED) is 0.766. The van der Waals surface area contributed by atoms with Gasteiger partial charge in [0.15, 0.2) is 11.5 Å². The highest BCUT2D eigenvalue weighted by molar-refractivity contribution is 5.88. The first kappa shape index (κ1) is 15.1. The third kappa shape index (κ3) is 2.93. The topological polar surface area (TPSA) is 87.7 Å². The Kier molecular flexibility index (Phi) is 4.35. The number of nitrogens with zero attached hydrogens (tertiary/aromatic N) is 6. The molecule has 0 aromatic carbocycles. The van der Waals surface area contributed by atoms with E-state index in [1.807, 2.05) is 32.4 Å². The maximum atomic E-state index is 11.9. The van der Waals surface area contributed by atoms with Crippen molar-refractivity contribution in [3.63, 3.8) is 0 Å². The van der Waals surface area contributed by atoms with Gasteiger partial charge in [0, 0.05) is 7.05 Å². The van der Waals surface area contributed by atoms with Crippen LogP contribution in [0, 0.1) is 6.92 Å². The summed E-state index contributed by atoms with van der Waals surface area (Å²) in [6.45, 7) is 8.34. The van der Waals surface area contributed by atoms with E-state index < -0.39 is 5.97 Å². The molecule has 2 aromatic heterocycles. The van der Waals surface area contributed by atoms with E-state index in [0.29, 0.717) is 13.2 Å². The molecule has 0 spiro atoms. The summed E-state index contributed by atoms with van der Waals surface area (Å²) in [5, 5.41) is 16.2. The van der Waals surface area contributed by atoms with Crippen LogP contribution in [0.4, 0.5) is 0 Å². The molecule has 0 aliphatic heterocycles. The van der Waals surface area contributed by atoms with E-state index >= 15 is 0 Å². The van der Waals surface area contributed by atoms with Crippen molar-refractivity contribution in [1.29, 1.82) is 0 Å². The molecule has 8 nitrogen and oxygen atoms in total. The number of hydrogen-bond donors (Lipinski definition) is 0. The molecule has 0 amide bonds. The molecule has 2 heterocycles. The van der Waals surface area contributed by atoms with Crippen LogP contribution in [0.5, 0.6) is 0 Å². The predicted octanol–water partition coefficient (Wildman–Crippen LogP) is 1.06. The van der Waals surface area contributed by atoms with Crippen LogP contribution < -0.4 is 0 Å². The minimum absolute atomic E-state index is 0.0914. The largest absolute Gasteiger partial charge is 0.461 e. The van der Waals surface area contributed by atoms with Crippen LogP contribution in [0.3, 0.4) is 0 Å². The standard InChI is InChI=1S/C13H20N6O2/c1-6-21-13(20)11-12(8(2)3)19(17-16-11)7-10-15-14-9(4)18(10)5/h8H,6-7H2,1-5H3. The van der Waals surface area contributed by atoms with Gasteiger partial charge >= 0.3 is 5.97 Å². The normalized spacial score (nSPS) is 11.1. The van der Waals surface area contributed by atoms with Crippen molar-refractivity contribution < 1.29 is 9.53 Å². The number of rotatable bonds is 5. The summed E-state index contributed by atoms with van der Waals surface area (Å²) in [4.78, 5) is 11.9. The first-order chi connectivity index (χ1) is 9.95. The molecule has 114 valence electrons. The first-order valence-corrected chi connectivity index (χ1v) is 6.91. The molecule has 21 heavy (non-hydrogen) atoms. The molecule has 0 radical (unpaired) electrons. The van der Waals surface area contributed by atoms with Crippen molar-refractivity contribution in [2.75, 3.05) is 6.61 Å². The van der Waals surface area contributed by atoms with E-state index in [1.165, 1.54) is 0 Å². The lowest BCUT2D eigenvalue weighted by Gasteiger charge is -2.10. The smallest absolute Gasteiger partial charge is 0.360 e. The number of hydrogen-bond acceptors (Lipinski definition) is 6. The molecule has 0 unspecified atom stereocenters. The molecule has 0 bridgehead atoms. The maximum absolute atomic E-state index is 11.9. The van der Waals surface area contributed by atoms with Crippen LogP contribution >= 0.6 is 0 Å². The fourth-order valence-corrected chi connectivity index (χ4v) is 2.08. The number of aryl methyl sites for hydroxylation is 1. The van der Waals surface area contributed by atoms with Crippen LogP contribution in [-0.2, 0) is 18.3 Å². The van der Waals surface area contributed by atoms with E-state index in [2.05, 4.69) is 20.5 Å². The second kappa shape index (κ2) is 6.02. The van der Waals surface area contributed by atoms with Gasteiger partial charge in [-0.15, -0.1) is 15.3 Å². The van der Waals surface area contributed by atoms with Crippen molar-refractivity contribution in [3.8, 4) is 0 Å². The average molecular weight is 292 g/mol. The molecule has 0 aliphatic rings. The minimum Gasteiger partial charge on any atom is -0.461 e. The lowest BCUT2D eigenvalue weighted by atomic mass is 10.1. The summed E-state index contributed by atoms with van der Waals surface area (Å²) < 4.78 is 8.59. The van der Waals surface area contributed by atoms with E-state index in [4.69, 9.17) is 4.74 Å². The monoisotopic (exact) mass is 292 g/mol. The number of esters is 1. The maximum Gasteiger partial charge on any atom is 0.360 e. The zero-order valence-electron chi connectivity index (χ0n) is 13.0. The molecular formula is C13H20N6O2. The molecule has 0 atom stereocenters. The van der Waals surface area contributed by atoms with Gasteiger partial charge in [-0.1, -0.05) is 19.1 Å². The van der Waals surface area contributed by atoms with Crippen LogP contribution in [0.2, 0.25) is 0 Å². The molecule has 8 heteroatoms. The Morgan fingerprint density at radius 1 is 1.29 bits per heavy atom. The van der Waals surface area contributed by atoms with Gasteiger partial charge in [0.25, 0.3) is 0 Å². The average Bonchev–Trinajstić information content (AvgIpc) is 2.98. The summed E-state index contributed by atoms with van der Waals surface area (Å²) in [6, 6.07) is 0. The van der Waals surface area contributed by atoms with Gasteiger partial charge in [-0.05, 0) is 19.8 Å². The van der Waals surface area contributed by atoms with Gasteiger partial charge in [-0.25, -0.2) is 9.48 Å². The number of carbonyl (C=O) groups excluding carboxylic acids is 1. The van der Waals surface area contributed by atoms with Crippen molar-refractivity contribution >= 4 is 5.97 Å². The van der Waals surface area contributed by atoms with Crippen LogP contribution in [0.1, 0.15) is 54.5 Å². The van der Waals surface area contributed by atoms with Crippen LogP contribution in [-0.4, -0.2) is 42.3 Å². The van der Waals surface area contributed by atoms with Gasteiger partial charge in [0.05, 0.1) is 12.3 Å². The SMILES string of the molecule is CCOC(=O)c1nnn(Cc2nnc(C)n2C)c1C(C)C. The molecule has 2 aromatic rings. The summed E-state index contributed by atoms with van der Waals surface area (Å²) in [6.07, 6.45) is 0. The Balaban J connectivity index is 2.36. The Bertz CT molecular complexity index is 643. The van der Waals surface area contributed by atoms with Crippen molar-refractivity contribution in [2.45, 2.75) is 40.2 Å². The van der Waals surface area contributed by atoms with Crippen molar-refractivity contribution in [1.82, 2.24) is 29.8 Å². The van der Waals surface area contributed by atoms with Gasteiger partial charge in [-0.2, -0.15) is 0 Å². The van der Waals surface area contributed by atoms with E-state index in [-0.39, 0.29) is 11.6 Å².